The van der Waals surface area contributed by atoms with Crippen molar-refractivity contribution in [1.29, 1.82) is 0 Å². The van der Waals surface area contributed by atoms with Crippen LogP contribution in [0, 0.1) is 12.7 Å². The lowest BCUT2D eigenvalue weighted by Gasteiger charge is -2.19. The number of aryl methyl sites for hydroxylation is 1. The highest BCUT2D eigenvalue weighted by molar-refractivity contribution is 9.10. The highest BCUT2D eigenvalue weighted by Gasteiger charge is 2.13. The smallest absolute Gasteiger partial charge is 0.136 e. The first-order valence-electron chi connectivity index (χ1n) is 5.98. The fourth-order valence-electron chi connectivity index (χ4n) is 1.76. The fourth-order valence-corrected chi connectivity index (χ4v) is 2.20. The number of ether oxygens (including phenoxy) is 1. The molecule has 4 heteroatoms. The summed E-state index contributed by atoms with van der Waals surface area (Å²) in [4.78, 5) is 0. The third kappa shape index (κ3) is 3.55. The summed E-state index contributed by atoms with van der Waals surface area (Å²) in [5.41, 5.74) is 7.94. The summed E-state index contributed by atoms with van der Waals surface area (Å²) in [5, 5.41) is 0. The Labute approximate surface area is 120 Å². The van der Waals surface area contributed by atoms with E-state index < -0.39 is 0 Å². The van der Waals surface area contributed by atoms with Gasteiger partial charge in [-0.25, -0.2) is 4.39 Å². The first-order chi connectivity index (χ1) is 9.10. The van der Waals surface area contributed by atoms with E-state index in [9.17, 15) is 4.39 Å². The Morgan fingerprint density at radius 1 is 1.21 bits per heavy atom. The Bertz CT molecular complexity index is 557. The molecule has 0 radical (unpaired) electrons. The van der Waals surface area contributed by atoms with Crippen LogP contribution in [0.2, 0.25) is 0 Å². The highest BCUT2D eigenvalue weighted by Crippen LogP contribution is 2.29. The minimum atomic E-state index is -0.307. The van der Waals surface area contributed by atoms with Gasteiger partial charge in [-0.05, 0) is 46.6 Å². The average Bonchev–Trinajstić information content (AvgIpc) is 2.39. The minimum absolute atomic E-state index is 0.248. The number of halogens is 2. The second-order valence-corrected chi connectivity index (χ2v) is 5.18. The molecule has 0 spiro atoms. The molecule has 0 fully saturated rings. The maximum absolute atomic E-state index is 13.0. The van der Waals surface area contributed by atoms with Crippen LogP contribution in [-0.4, -0.2) is 6.54 Å². The van der Waals surface area contributed by atoms with Crippen molar-refractivity contribution in [3.8, 4) is 5.75 Å². The van der Waals surface area contributed by atoms with Crippen LogP contribution in [0.25, 0.3) is 0 Å². The molecule has 0 amide bonds. The van der Waals surface area contributed by atoms with Crippen molar-refractivity contribution in [3.05, 3.63) is 63.9 Å². The topological polar surface area (TPSA) is 35.2 Å². The van der Waals surface area contributed by atoms with Crippen LogP contribution in [0.3, 0.4) is 0 Å². The maximum atomic E-state index is 13.0. The Morgan fingerprint density at radius 3 is 2.47 bits per heavy atom. The van der Waals surface area contributed by atoms with Crippen molar-refractivity contribution < 1.29 is 9.13 Å². The van der Waals surface area contributed by atoms with E-state index >= 15 is 0 Å². The summed E-state index contributed by atoms with van der Waals surface area (Å²) < 4.78 is 19.4. The number of nitrogens with two attached hydrogens (primary N) is 1. The number of rotatable bonds is 4. The predicted octanol–water partition coefficient (Wildman–Crippen LogP) is 3.98. The van der Waals surface area contributed by atoms with Crippen LogP contribution in [0.4, 0.5) is 4.39 Å². The van der Waals surface area contributed by atoms with Gasteiger partial charge >= 0.3 is 0 Å². The van der Waals surface area contributed by atoms with Gasteiger partial charge < -0.3 is 10.5 Å². The van der Waals surface area contributed by atoms with Crippen LogP contribution in [0.1, 0.15) is 17.2 Å². The Balaban J connectivity index is 2.21. The molecule has 2 N–H and O–H groups in total. The van der Waals surface area contributed by atoms with Crippen LogP contribution in [0.15, 0.2) is 46.9 Å². The first-order valence-corrected chi connectivity index (χ1v) is 6.78. The van der Waals surface area contributed by atoms with Crippen molar-refractivity contribution in [3.63, 3.8) is 0 Å². The molecule has 0 aliphatic heterocycles. The van der Waals surface area contributed by atoms with Gasteiger partial charge in [0.2, 0.25) is 0 Å². The van der Waals surface area contributed by atoms with E-state index in [4.69, 9.17) is 10.5 Å². The molecular formula is C15H15BrFNO. The molecule has 0 bridgehead atoms. The van der Waals surface area contributed by atoms with Gasteiger partial charge in [-0.1, -0.05) is 29.8 Å². The zero-order valence-electron chi connectivity index (χ0n) is 10.6. The van der Waals surface area contributed by atoms with Gasteiger partial charge in [-0.3, -0.25) is 0 Å². The zero-order chi connectivity index (χ0) is 13.8. The SMILES string of the molecule is Cc1ccc(C(CN)Oc2ccc(F)cc2Br)cc1. The summed E-state index contributed by atoms with van der Waals surface area (Å²) in [6.45, 7) is 2.38. The van der Waals surface area contributed by atoms with Crippen LogP contribution in [-0.2, 0) is 0 Å². The fraction of sp³-hybridized carbons (Fsp3) is 0.200. The van der Waals surface area contributed by atoms with Gasteiger partial charge in [-0.15, -0.1) is 0 Å². The molecule has 100 valence electrons. The molecule has 0 aliphatic rings. The molecule has 0 saturated heterocycles. The van der Waals surface area contributed by atoms with Gasteiger partial charge in [0.1, 0.15) is 17.7 Å². The van der Waals surface area contributed by atoms with E-state index in [0.717, 1.165) is 5.56 Å². The summed E-state index contributed by atoms with van der Waals surface area (Å²) in [6.07, 6.45) is -0.248. The van der Waals surface area contributed by atoms with E-state index in [1.54, 1.807) is 6.07 Å². The molecule has 0 aromatic heterocycles. The summed E-state index contributed by atoms with van der Waals surface area (Å²) in [6, 6.07) is 12.3. The lowest BCUT2D eigenvalue weighted by atomic mass is 10.1. The minimum Gasteiger partial charge on any atom is -0.483 e. The third-order valence-corrected chi connectivity index (χ3v) is 3.45. The van der Waals surface area contributed by atoms with Crippen molar-refractivity contribution in [1.82, 2.24) is 0 Å². The quantitative estimate of drug-likeness (QED) is 0.923. The van der Waals surface area contributed by atoms with Crippen molar-refractivity contribution in [2.75, 3.05) is 6.54 Å². The number of hydrogen-bond donors (Lipinski definition) is 1. The maximum Gasteiger partial charge on any atom is 0.136 e. The van der Waals surface area contributed by atoms with Crippen LogP contribution >= 0.6 is 15.9 Å². The zero-order valence-corrected chi connectivity index (χ0v) is 12.2. The summed E-state index contributed by atoms with van der Waals surface area (Å²) in [5.74, 6) is 0.274. The van der Waals surface area contributed by atoms with Crippen molar-refractivity contribution in [2.45, 2.75) is 13.0 Å². The second kappa shape index (κ2) is 6.17. The summed E-state index contributed by atoms with van der Waals surface area (Å²) >= 11 is 3.28. The highest BCUT2D eigenvalue weighted by atomic mass is 79.9. The van der Waals surface area contributed by atoms with E-state index in [1.807, 2.05) is 31.2 Å². The van der Waals surface area contributed by atoms with Gasteiger partial charge in [-0.2, -0.15) is 0 Å². The van der Waals surface area contributed by atoms with Crippen molar-refractivity contribution >= 4 is 15.9 Å². The third-order valence-electron chi connectivity index (χ3n) is 2.83. The normalized spacial score (nSPS) is 12.2. The molecule has 2 aromatic carbocycles. The van der Waals surface area contributed by atoms with E-state index in [1.165, 1.54) is 17.7 Å². The molecule has 1 atom stereocenters. The Kier molecular flexibility index (Phi) is 4.56. The molecule has 0 saturated carbocycles. The van der Waals surface area contributed by atoms with Gasteiger partial charge in [0.05, 0.1) is 4.47 Å². The van der Waals surface area contributed by atoms with Crippen molar-refractivity contribution in [2.24, 2.45) is 5.73 Å². The second-order valence-electron chi connectivity index (χ2n) is 4.33. The Hall–Kier alpha value is -1.39. The number of hydrogen-bond acceptors (Lipinski definition) is 2. The first kappa shape index (κ1) is 14.0. The molecular weight excluding hydrogens is 309 g/mol. The average molecular weight is 324 g/mol. The van der Waals surface area contributed by atoms with Gasteiger partial charge in [0.15, 0.2) is 0 Å². The Morgan fingerprint density at radius 2 is 1.89 bits per heavy atom. The lowest BCUT2D eigenvalue weighted by molar-refractivity contribution is 0.212. The largest absolute Gasteiger partial charge is 0.483 e. The molecule has 2 aromatic rings. The molecule has 0 heterocycles. The molecule has 2 rings (SSSR count). The van der Waals surface area contributed by atoms with Crippen LogP contribution < -0.4 is 10.5 Å². The van der Waals surface area contributed by atoms with E-state index in [0.29, 0.717) is 16.8 Å². The van der Waals surface area contributed by atoms with Gasteiger partial charge in [0, 0.05) is 6.54 Å². The monoisotopic (exact) mass is 323 g/mol. The molecule has 19 heavy (non-hydrogen) atoms. The lowest BCUT2D eigenvalue weighted by Crippen LogP contribution is -2.18. The summed E-state index contributed by atoms with van der Waals surface area (Å²) in [7, 11) is 0. The molecule has 1 unspecified atom stereocenters. The van der Waals surface area contributed by atoms with Gasteiger partial charge in [0.25, 0.3) is 0 Å². The molecule has 2 nitrogen and oxygen atoms in total. The molecule has 0 aliphatic carbocycles. The predicted molar refractivity (Wildman–Crippen MR) is 77.7 cm³/mol. The van der Waals surface area contributed by atoms with E-state index in [2.05, 4.69) is 15.9 Å². The standard InChI is InChI=1S/C15H15BrFNO/c1-10-2-4-11(5-3-10)15(9-18)19-14-7-6-12(17)8-13(14)16/h2-8,15H,9,18H2,1H3. The number of benzene rings is 2. The van der Waals surface area contributed by atoms with Crippen LogP contribution in [0.5, 0.6) is 5.75 Å². The van der Waals surface area contributed by atoms with E-state index in [-0.39, 0.29) is 11.9 Å².